The molecule has 0 spiro atoms. The average Bonchev–Trinajstić information content (AvgIpc) is 2.47. The molecule has 1 rings (SSSR count). The highest BCUT2D eigenvalue weighted by Crippen LogP contribution is 2.05. The van der Waals surface area contributed by atoms with Crippen LogP contribution in [0.3, 0.4) is 0 Å². The molecule has 1 fully saturated rings. The Morgan fingerprint density at radius 1 is 1.09 bits per heavy atom. The van der Waals surface area contributed by atoms with E-state index in [2.05, 4.69) is 62.1 Å². The van der Waals surface area contributed by atoms with Gasteiger partial charge in [-0.1, -0.05) is 20.8 Å². The van der Waals surface area contributed by atoms with Gasteiger partial charge in [0.15, 0.2) is 5.96 Å². The lowest BCUT2D eigenvalue weighted by Gasteiger charge is -2.33. The third-order valence-corrected chi connectivity index (χ3v) is 4.44. The lowest BCUT2D eigenvalue weighted by atomic mass is 10.1. The number of hydrogen-bond donors (Lipinski definition) is 2. The molecule has 0 saturated carbocycles. The van der Waals surface area contributed by atoms with Gasteiger partial charge in [0, 0.05) is 51.9 Å². The van der Waals surface area contributed by atoms with Crippen LogP contribution in [0.5, 0.6) is 0 Å². The minimum atomic E-state index is 0. The standard InChI is InChI=1S/C17H37N5.HI/c1-7-18-17(20-16(5)14(2)3)19-12-15(4)13-22-10-8-21(6)9-11-22;/h14-16H,7-13H2,1-6H3,(H2,18,19,20);1H. The maximum Gasteiger partial charge on any atom is 0.191 e. The summed E-state index contributed by atoms with van der Waals surface area (Å²) in [7, 11) is 2.20. The summed E-state index contributed by atoms with van der Waals surface area (Å²) in [5, 5.41) is 6.85. The van der Waals surface area contributed by atoms with Gasteiger partial charge in [-0.05, 0) is 32.7 Å². The van der Waals surface area contributed by atoms with E-state index in [4.69, 9.17) is 4.99 Å². The molecule has 138 valence electrons. The van der Waals surface area contributed by atoms with Gasteiger partial charge in [0.25, 0.3) is 0 Å². The van der Waals surface area contributed by atoms with Crippen molar-refractivity contribution in [2.24, 2.45) is 16.8 Å². The quantitative estimate of drug-likeness (QED) is 0.362. The van der Waals surface area contributed by atoms with Gasteiger partial charge in [-0.3, -0.25) is 4.99 Å². The first-order valence-corrected chi connectivity index (χ1v) is 8.88. The van der Waals surface area contributed by atoms with Gasteiger partial charge < -0.3 is 20.4 Å². The van der Waals surface area contributed by atoms with Gasteiger partial charge >= 0.3 is 0 Å². The molecule has 2 unspecified atom stereocenters. The molecule has 1 aliphatic heterocycles. The number of guanidine groups is 1. The SMILES string of the molecule is CCNC(=NCC(C)CN1CCN(C)CC1)NC(C)C(C)C.I. The second-order valence-corrected chi connectivity index (χ2v) is 7.11. The lowest BCUT2D eigenvalue weighted by Crippen LogP contribution is -2.46. The van der Waals surface area contributed by atoms with Gasteiger partial charge in [-0.2, -0.15) is 0 Å². The van der Waals surface area contributed by atoms with Crippen LogP contribution in [-0.4, -0.2) is 74.7 Å². The van der Waals surface area contributed by atoms with Crippen LogP contribution in [0.4, 0.5) is 0 Å². The minimum absolute atomic E-state index is 0. The highest BCUT2D eigenvalue weighted by atomic mass is 127. The van der Waals surface area contributed by atoms with Crippen LogP contribution in [0.1, 0.15) is 34.6 Å². The van der Waals surface area contributed by atoms with Crippen LogP contribution < -0.4 is 10.6 Å². The van der Waals surface area contributed by atoms with E-state index in [9.17, 15) is 0 Å². The molecule has 0 aliphatic carbocycles. The number of nitrogens with one attached hydrogen (secondary N) is 2. The second kappa shape index (κ2) is 12.3. The predicted octanol–water partition coefficient (Wildman–Crippen LogP) is 2.09. The monoisotopic (exact) mass is 439 g/mol. The van der Waals surface area contributed by atoms with Gasteiger partial charge in [0.1, 0.15) is 0 Å². The van der Waals surface area contributed by atoms with E-state index in [1.165, 1.54) is 26.2 Å². The van der Waals surface area contributed by atoms with Gasteiger partial charge in [-0.15, -0.1) is 24.0 Å². The van der Waals surface area contributed by atoms with E-state index < -0.39 is 0 Å². The lowest BCUT2D eigenvalue weighted by molar-refractivity contribution is 0.140. The number of halogens is 1. The van der Waals surface area contributed by atoms with Crippen molar-refractivity contribution in [2.75, 3.05) is 52.9 Å². The first-order chi connectivity index (χ1) is 10.4. The minimum Gasteiger partial charge on any atom is -0.357 e. The summed E-state index contributed by atoms with van der Waals surface area (Å²) < 4.78 is 0. The molecule has 0 bridgehead atoms. The highest BCUT2D eigenvalue weighted by Gasteiger charge is 2.16. The number of hydrogen-bond acceptors (Lipinski definition) is 3. The molecule has 2 N–H and O–H groups in total. The normalized spacial score (nSPS) is 20.0. The maximum atomic E-state index is 4.77. The van der Waals surface area contributed by atoms with Crippen molar-refractivity contribution >= 4 is 29.9 Å². The zero-order valence-electron chi connectivity index (χ0n) is 15.9. The average molecular weight is 439 g/mol. The number of nitrogens with zero attached hydrogens (tertiary/aromatic N) is 3. The molecule has 5 nitrogen and oxygen atoms in total. The van der Waals surface area contributed by atoms with Crippen molar-refractivity contribution in [1.82, 2.24) is 20.4 Å². The maximum absolute atomic E-state index is 4.77. The first kappa shape index (κ1) is 22.9. The Morgan fingerprint density at radius 3 is 2.22 bits per heavy atom. The molecule has 1 saturated heterocycles. The van der Waals surface area contributed by atoms with E-state index in [-0.39, 0.29) is 24.0 Å². The Bertz CT molecular complexity index is 327. The summed E-state index contributed by atoms with van der Waals surface area (Å²) in [4.78, 5) is 9.74. The fourth-order valence-electron chi connectivity index (χ4n) is 2.48. The Hall–Kier alpha value is -0.0800. The van der Waals surface area contributed by atoms with Crippen molar-refractivity contribution < 1.29 is 0 Å². The van der Waals surface area contributed by atoms with Crippen molar-refractivity contribution in [3.05, 3.63) is 0 Å². The fraction of sp³-hybridized carbons (Fsp3) is 0.941. The molecule has 23 heavy (non-hydrogen) atoms. The van der Waals surface area contributed by atoms with Crippen molar-refractivity contribution in [2.45, 2.75) is 40.7 Å². The largest absolute Gasteiger partial charge is 0.357 e. The zero-order chi connectivity index (χ0) is 16.5. The topological polar surface area (TPSA) is 42.9 Å². The van der Waals surface area contributed by atoms with E-state index in [0.717, 1.165) is 25.6 Å². The summed E-state index contributed by atoms with van der Waals surface area (Å²) in [6, 6.07) is 0.436. The Labute approximate surface area is 160 Å². The Kier molecular flexibility index (Phi) is 12.3. The van der Waals surface area contributed by atoms with Crippen LogP contribution in [0.2, 0.25) is 0 Å². The first-order valence-electron chi connectivity index (χ1n) is 8.88. The van der Waals surface area contributed by atoms with Gasteiger partial charge in [-0.25, -0.2) is 0 Å². The van der Waals surface area contributed by atoms with E-state index in [1.807, 2.05) is 0 Å². The molecular weight excluding hydrogens is 401 g/mol. The summed E-state index contributed by atoms with van der Waals surface area (Å²) in [6.45, 7) is 18.8. The molecule has 2 atom stereocenters. The molecule has 6 heteroatoms. The number of piperazine rings is 1. The van der Waals surface area contributed by atoms with Crippen molar-refractivity contribution in [3.63, 3.8) is 0 Å². The van der Waals surface area contributed by atoms with Crippen molar-refractivity contribution in [3.8, 4) is 0 Å². The number of rotatable bonds is 7. The van der Waals surface area contributed by atoms with Crippen LogP contribution >= 0.6 is 24.0 Å². The second-order valence-electron chi connectivity index (χ2n) is 7.11. The third-order valence-electron chi connectivity index (χ3n) is 4.44. The molecular formula is C17H38IN5. The smallest absolute Gasteiger partial charge is 0.191 e. The zero-order valence-corrected chi connectivity index (χ0v) is 18.3. The fourth-order valence-corrected chi connectivity index (χ4v) is 2.48. The van der Waals surface area contributed by atoms with Crippen LogP contribution in [0.15, 0.2) is 4.99 Å². The van der Waals surface area contributed by atoms with Gasteiger partial charge in [0.05, 0.1) is 0 Å². The molecule has 0 aromatic rings. The van der Waals surface area contributed by atoms with E-state index >= 15 is 0 Å². The van der Waals surface area contributed by atoms with E-state index in [1.54, 1.807) is 0 Å². The summed E-state index contributed by atoms with van der Waals surface area (Å²) >= 11 is 0. The molecule has 1 aliphatic rings. The van der Waals surface area contributed by atoms with Crippen molar-refractivity contribution in [1.29, 1.82) is 0 Å². The van der Waals surface area contributed by atoms with Crippen LogP contribution in [0, 0.1) is 11.8 Å². The molecule has 0 aromatic heterocycles. The van der Waals surface area contributed by atoms with Crippen LogP contribution in [0.25, 0.3) is 0 Å². The van der Waals surface area contributed by atoms with E-state index in [0.29, 0.717) is 17.9 Å². The molecule has 0 amide bonds. The summed E-state index contributed by atoms with van der Waals surface area (Å²) in [5.74, 6) is 2.15. The molecule has 0 radical (unpaired) electrons. The Morgan fingerprint density at radius 2 is 1.70 bits per heavy atom. The third kappa shape index (κ3) is 9.72. The molecule has 1 heterocycles. The number of aliphatic imine (C=N–C) groups is 1. The summed E-state index contributed by atoms with van der Waals surface area (Å²) in [6.07, 6.45) is 0. The summed E-state index contributed by atoms with van der Waals surface area (Å²) in [5.41, 5.74) is 0. The Balaban J connectivity index is 0.00000484. The van der Waals surface area contributed by atoms with Gasteiger partial charge in [0.2, 0.25) is 0 Å². The number of likely N-dealkylation sites (N-methyl/N-ethyl adjacent to an activating group) is 1. The van der Waals surface area contributed by atoms with Crippen LogP contribution in [-0.2, 0) is 0 Å². The predicted molar refractivity (Wildman–Crippen MR) is 112 cm³/mol. The highest BCUT2D eigenvalue weighted by molar-refractivity contribution is 14.0. The molecule has 0 aromatic carbocycles.